The molecule has 1 aliphatic rings. The highest BCUT2D eigenvalue weighted by Gasteiger charge is 2.29. The summed E-state index contributed by atoms with van der Waals surface area (Å²) in [6, 6.07) is 27.6. The zero-order chi connectivity index (χ0) is 26.1. The highest BCUT2D eigenvalue weighted by Crippen LogP contribution is 2.44. The average molecular weight is 567 g/mol. The smallest absolute Gasteiger partial charge is 0.411 e. The molecule has 0 saturated heterocycles. The molecular weight excluding hydrogens is 544 g/mol. The van der Waals surface area contributed by atoms with Crippen molar-refractivity contribution in [1.29, 1.82) is 0 Å². The lowest BCUT2D eigenvalue weighted by molar-refractivity contribution is 0.158. The minimum atomic E-state index is -0.562. The van der Waals surface area contributed by atoms with E-state index in [2.05, 4.69) is 60.8 Å². The van der Waals surface area contributed by atoms with Gasteiger partial charge in [-0.05, 0) is 62.4 Å². The van der Waals surface area contributed by atoms with Crippen molar-refractivity contribution in [2.75, 3.05) is 24.4 Å². The number of anilines is 3. The summed E-state index contributed by atoms with van der Waals surface area (Å²) in [4.78, 5) is 21.9. The summed E-state index contributed by atoms with van der Waals surface area (Å²) in [7, 11) is 1.55. The molecule has 0 radical (unpaired) electrons. The molecular formula is C30H23BrN4O3. The first-order valence-electron chi connectivity index (χ1n) is 12.1. The van der Waals surface area contributed by atoms with Crippen LogP contribution in [0.2, 0.25) is 0 Å². The number of methoxy groups -OCH3 is 1. The van der Waals surface area contributed by atoms with Crippen molar-refractivity contribution in [2.24, 2.45) is 0 Å². The second kappa shape index (κ2) is 10.1. The summed E-state index contributed by atoms with van der Waals surface area (Å²) in [6.45, 7) is 0.222. The number of aromatic nitrogens is 2. The Morgan fingerprint density at radius 3 is 2.42 bits per heavy atom. The predicted octanol–water partition coefficient (Wildman–Crippen LogP) is 7.51. The summed E-state index contributed by atoms with van der Waals surface area (Å²) >= 11 is 3.54. The quantitative estimate of drug-likeness (QED) is 0.221. The number of amides is 1. The van der Waals surface area contributed by atoms with E-state index < -0.39 is 6.09 Å². The number of benzene rings is 4. The van der Waals surface area contributed by atoms with E-state index in [-0.39, 0.29) is 12.5 Å². The number of para-hydroxylation sites is 1. The number of carbonyl (C=O) groups excluding carboxylic acids is 1. The molecule has 0 saturated carbocycles. The van der Waals surface area contributed by atoms with Gasteiger partial charge in [0.05, 0.1) is 18.3 Å². The van der Waals surface area contributed by atoms with Gasteiger partial charge in [-0.15, -0.1) is 0 Å². The zero-order valence-electron chi connectivity index (χ0n) is 20.4. The first-order valence-corrected chi connectivity index (χ1v) is 12.9. The molecule has 188 valence electrons. The highest BCUT2D eigenvalue weighted by molar-refractivity contribution is 9.10. The molecule has 5 aromatic rings. The first kappa shape index (κ1) is 23.9. The van der Waals surface area contributed by atoms with Gasteiger partial charge in [0.2, 0.25) is 5.95 Å². The van der Waals surface area contributed by atoms with Crippen LogP contribution in [0.25, 0.3) is 22.0 Å². The van der Waals surface area contributed by atoms with E-state index in [0.717, 1.165) is 26.5 Å². The van der Waals surface area contributed by atoms with Gasteiger partial charge in [0.15, 0.2) is 0 Å². The van der Waals surface area contributed by atoms with Gasteiger partial charge in [-0.25, -0.2) is 14.8 Å². The largest absolute Gasteiger partial charge is 0.495 e. The zero-order valence-corrected chi connectivity index (χ0v) is 22.0. The molecule has 1 heterocycles. The van der Waals surface area contributed by atoms with Gasteiger partial charge >= 0.3 is 6.09 Å². The molecule has 0 unspecified atom stereocenters. The van der Waals surface area contributed by atoms with Crippen LogP contribution in [0.4, 0.5) is 22.1 Å². The minimum Gasteiger partial charge on any atom is -0.495 e. The monoisotopic (exact) mass is 566 g/mol. The van der Waals surface area contributed by atoms with Gasteiger partial charge < -0.3 is 14.8 Å². The maximum Gasteiger partial charge on any atom is 0.411 e. The molecule has 6 rings (SSSR count). The molecule has 1 aromatic heterocycles. The van der Waals surface area contributed by atoms with Gasteiger partial charge in [-0.1, -0.05) is 60.7 Å². The Morgan fingerprint density at radius 1 is 0.947 bits per heavy atom. The van der Waals surface area contributed by atoms with E-state index in [0.29, 0.717) is 23.1 Å². The van der Waals surface area contributed by atoms with E-state index in [4.69, 9.17) is 9.47 Å². The van der Waals surface area contributed by atoms with Crippen LogP contribution in [0.15, 0.2) is 95.6 Å². The SMILES string of the molecule is COc1ccc(Nc2ncc3cccc(Br)c3n2)cc1NC(=O)OCC1c2ccccc2-c2ccccc21. The number of hydrogen-bond donors (Lipinski definition) is 2. The third kappa shape index (κ3) is 4.54. The number of fused-ring (bicyclic) bond motifs is 4. The average Bonchev–Trinajstić information content (AvgIpc) is 3.26. The molecule has 2 N–H and O–H groups in total. The van der Waals surface area contributed by atoms with Crippen molar-refractivity contribution in [2.45, 2.75) is 5.92 Å². The Balaban J connectivity index is 1.18. The van der Waals surface area contributed by atoms with Crippen molar-refractivity contribution in [3.05, 3.63) is 107 Å². The van der Waals surface area contributed by atoms with Crippen LogP contribution in [0.5, 0.6) is 5.75 Å². The molecule has 0 bridgehead atoms. The van der Waals surface area contributed by atoms with Crippen molar-refractivity contribution in [1.82, 2.24) is 9.97 Å². The Bertz CT molecular complexity index is 1630. The molecule has 0 spiro atoms. The molecule has 1 amide bonds. The van der Waals surface area contributed by atoms with Crippen LogP contribution in [0.3, 0.4) is 0 Å². The number of halogens is 1. The molecule has 8 heteroatoms. The molecule has 0 atom stereocenters. The van der Waals surface area contributed by atoms with Crippen LogP contribution < -0.4 is 15.4 Å². The Hall–Kier alpha value is -4.43. The Labute approximate surface area is 228 Å². The fourth-order valence-electron chi connectivity index (χ4n) is 4.84. The Kier molecular flexibility index (Phi) is 6.39. The van der Waals surface area contributed by atoms with Crippen LogP contribution in [0, 0.1) is 0 Å². The van der Waals surface area contributed by atoms with Gasteiger partial charge in [-0.2, -0.15) is 0 Å². The van der Waals surface area contributed by atoms with E-state index in [1.54, 1.807) is 25.4 Å². The van der Waals surface area contributed by atoms with E-state index in [9.17, 15) is 4.79 Å². The molecule has 38 heavy (non-hydrogen) atoms. The second-order valence-corrected chi connectivity index (χ2v) is 9.72. The minimum absolute atomic E-state index is 0.0209. The van der Waals surface area contributed by atoms with Gasteiger partial charge in [-0.3, -0.25) is 5.32 Å². The molecule has 0 aliphatic heterocycles. The maximum absolute atomic E-state index is 12.9. The van der Waals surface area contributed by atoms with Crippen molar-refractivity contribution >= 4 is 50.2 Å². The van der Waals surface area contributed by atoms with Crippen LogP contribution in [-0.2, 0) is 4.74 Å². The lowest BCUT2D eigenvalue weighted by Crippen LogP contribution is -2.18. The highest BCUT2D eigenvalue weighted by atomic mass is 79.9. The fraction of sp³-hybridized carbons (Fsp3) is 0.100. The van der Waals surface area contributed by atoms with Gasteiger partial charge in [0, 0.05) is 27.7 Å². The number of rotatable bonds is 6. The third-order valence-electron chi connectivity index (χ3n) is 6.60. The number of hydrogen-bond acceptors (Lipinski definition) is 6. The summed E-state index contributed by atoms with van der Waals surface area (Å²) < 4.78 is 12.0. The topological polar surface area (TPSA) is 85.4 Å². The summed E-state index contributed by atoms with van der Waals surface area (Å²) in [5, 5.41) is 6.95. The number of nitrogens with zero attached hydrogens (tertiary/aromatic N) is 2. The van der Waals surface area contributed by atoms with Gasteiger partial charge in [0.1, 0.15) is 12.4 Å². The standard InChI is InChI=1S/C30H23BrN4O3/c1-37-27-14-13-19(33-29-32-16-18-7-6-12-25(31)28(18)35-29)15-26(27)34-30(36)38-17-24-22-10-4-2-8-20(22)21-9-3-5-11-23(21)24/h2-16,24H,17H2,1H3,(H,34,36)(H,32,33,35). The van der Waals surface area contributed by atoms with Crippen LogP contribution >= 0.6 is 15.9 Å². The molecule has 4 aromatic carbocycles. The number of nitrogens with one attached hydrogen (secondary N) is 2. The summed E-state index contributed by atoms with van der Waals surface area (Å²) in [5.41, 5.74) is 6.64. The fourth-order valence-corrected chi connectivity index (χ4v) is 5.31. The number of ether oxygens (including phenoxy) is 2. The number of carbonyl (C=O) groups is 1. The van der Waals surface area contributed by atoms with Crippen molar-refractivity contribution < 1.29 is 14.3 Å². The summed E-state index contributed by atoms with van der Waals surface area (Å²) in [5.74, 6) is 0.917. The second-order valence-electron chi connectivity index (χ2n) is 8.86. The van der Waals surface area contributed by atoms with Crippen molar-refractivity contribution in [3.63, 3.8) is 0 Å². The third-order valence-corrected chi connectivity index (χ3v) is 7.24. The summed E-state index contributed by atoms with van der Waals surface area (Å²) in [6.07, 6.45) is 1.20. The van der Waals surface area contributed by atoms with Crippen molar-refractivity contribution in [3.8, 4) is 16.9 Å². The van der Waals surface area contributed by atoms with E-state index >= 15 is 0 Å². The maximum atomic E-state index is 12.9. The van der Waals surface area contributed by atoms with Gasteiger partial charge in [0.25, 0.3) is 0 Å². The molecule has 7 nitrogen and oxygen atoms in total. The lowest BCUT2D eigenvalue weighted by Gasteiger charge is -2.16. The first-order chi connectivity index (χ1) is 18.6. The van der Waals surface area contributed by atoms with E-state index in [1.807, 2.05) is 48.5 Å². The van der Waals surface area contributed by atoms with Crippen LogP contribution in [-0.4, -0.2) is 29.8 Å². The Morgan fingerprint density at radius 2 is 1.68 bits per heavy atom. The molecule has 0 fully saturated rings. The normalized spacial score (nSPS) is 12.1. The van der Waals surface area contributed by atoms with E-state index in [1.165, 1.54) is 11.1 Å². The lowest BCUT2D eigenvalue weighted by atomic mass is 9.98. The predicted molar refractivity (Wildman–Crippen MR) is 152 cm³/mol. The van der Waals surface area contributed by atoms with Crippen LogP contribution in [0.1, 0.15) is 17.0 Å². The molecule has 1 aliphatic carbocycles.